The molecule has 2 nitrogen and oxygen atoms in total. The molecule has 3 aromatic carbocycles. The lowest BCUT2D eigenvalue weighted by Gasteiger charge is -2.01. The van der Waals surface area contributed by atoms with Crippen LogP contribution in [0.5, 0.6) is 0 Å². The molecule has 0 saturated heterocycles. The number of carbonyl (C=O) groups is 1. The van der Waals surface area contributed by atoms with Crippen LogP contribution in [0, 0.1) is 0 Å². The van der Waals surface area contributed by atoms with Gasteiger partial charge in [0.1, 0.15) is 0 Å². The van der Waals surface area contributed by atoms with Crippen molar-refractivity contribution in [1.82, 2.24) is 0 Å². The molecule has 0 bridgehead atoms. The highest BCUT2D eigenvalue weighted by Gasteiger charge is 2.03. The van der Waals surface area contributed by atoms with Crippen molar-refractivity contribution in [2.75, 3.05) is 6.61 Å². The summed E-state index contributed by atoms with van der Waals surface area (Å²) >= 11 is 0. The molecular formula is C22H23O2P. The predicted molar refractivity (Wildman–Crippen MR) is 107 cm³/mol. The van der Waals surface area contributed by atoms with Gasteiger partial charge in [0, 0.05) is 0 Å². The summed E-state index contributed by atoms with van der Waals surface area (Å²) in [5.41, 5.74) is 0.617. The molecule has 0 radical (unpaired) electrons. The minimum Gasteiger partial charge on any atom is -0.462 e. The Morgan fingerprint density at radius 3 is 1.64 bits per heavy atom. The van der Waals surface area contributed by atoms with Crippen molar-refractivity contribution >= 4 is 25.2 Å². The Morgan fingerprint density at radius 1 is 0.760 bits per heavy atom. The number of esters is 1. The van der Waals surface area contributed by atoms with Gasteiger partial charge in [-0.2, -0.15) is 0 Å². The molecule has 3 aromatic rings. The molecule has 25 heavy (non-hydrogen) atoms. The maximum Gasteiger partial charge on any atom is 0.338 e. The fourth-order valence-electron chi connectivity index (χ4n) is 2.06. The molecule has 3 heteroatoms. The van der Waals surface area contributed by atoms with Gasteiger partial charge >= 0.3 is 5.97 Å². The summed E-state index contributed by atoms with van der Waals surface area (Å²) in [6.07, 6.45) is 0.860. The van der Waals surface area contributed by atoms with Crippen LogP contribution in [0.3, 0.4) is 0 Å². The molecule has 0 saturated carbocycles. The third kappa shape index (κ3) is 7.32. The predicted octanol–water partition coefficient (Wildman–Crippen LogP) is 4.57. The highest BCUT2D eigenvalue weighted by atomic mass is 31.1. The van der Waals surface area contributed by atoms with Crippen molar-refractivity contribution in [3.05, 3.63) is 96.6 Å². The Morgan fingerprint density at radius 2 is 1.20 bits per heavy atom. The van der Waals surface area contributed by atoms with Crippen LogP contribution in [0.2, 0.25) is 0 Å². The second-order valence-electron chi connectivity index (χ2n) is 5.36. The normalized spacial score (nSPS) is 9.64. The highest BCUT2D eigenvalue weighted by molar-refractivity contribution is 7.55. The van der Waals surface area contributed by atoms with E-state index in [4.69, 9.17) is 4.74 Å². The zero-order chi connectivity index (χ0) is 17.7. The molecule has 0 aromatic heterocycles. The highest BCUT2D eigenvalue weighted by Crippen LogP contribution is 2.08. The van der Waals surface area contributed by atoms with Crippen LogP contribution in [0.15, 0.2) is 91.0 Å². The molecule has 3 rings (SSSR count). The molecule has 0 aliphatic heterocycles. The number of hydrogen-bond acceptors (Lipinski definition) is 2. The molecule has 0 heterocycles. The quantitative estimate of drug-likeness (QED) is 0.498. The molecule has 128 valence electrons. The van der Waals surface area contributed by atoms with E-state index in [1.54, 1.807) is 12.1 Å². The van der Waals surface area contributed by atoms with E-state index in [1.165, 1.54) is 10.6 Å². The third-order valence-electron chi connectivity index (χ3n) is 3.28. The number of benzene rings is 3. The Kier molecular flexibility index (Phi) is 8.44. The summed E-state index contributed by atoms with van der Waals surface area (Å²) in [5, 5.41) is 2.79. The van der Waals surface area contributed by atoms with Gasteiger partial charge in [0.15, 0.2) is 0 Å². The number of hydrogen-bond donors (Lipinski definition) is 0. The molecule has 0 amide bonds. The molecule has 0 aliphatic rings. The number of rotatable bonds is 5. The van der Waals surface area contributed by atoms with E-state index in [2.05, 4.69) is 60.7 Å². The summed E-state index contributed by atoms with van der Waals surface area (Å²) in [6.45, 7) is 2.46. The Hall–Kier alpha value is -2.44. The van der Waals surface area contributed by atoms with E-state index in [-0.39, 0.29) is 5.97 Å². The van der Waals surface area contributed by atoms with E-state index >= 15 is 0 Å². The Balaban J connectivity index is 0.000000181. The van der Waals surface area contributed by atoms with E-state index in [9.17, 15) is 4.79 Å². The maximum atomic E-state index is 11.2. The fourth-order valence-corrected chi connectivity index (χ4v) is 3.11. The van der Waals surface area contributed by atoms with Gasteiger partial charge in [-0.3, -0.25) is 0 Å². The molecule has 0 N–H and O–H groups in total. The number of ether oxygens (including phenoxy) is 1. The lowest BCUT2D eigenvalue weighted by atomic mass is 10.2. The minimum absolute atomic E-state index is 0.238. The minimum atomic E-state index is -0.238. The van der Waals surface area contributed by atoms with Crippen LogP contribution in [0.25, 0.3) is 0 Å². The summed E-state index contributed by atoms with van der Waals surface area (Å²) in [7, 11) is 0.777. The van der Waals surface area contributed by atoms with Gasteiger partial charge < -0.3 is 4.74 Å². The van der Waals surface area contributed by atoms with E-state index in [0.717, 1.165) is 15.0 Å². The van der Waals surface area contributed by atoms with E-state index < -0.39 is 0 Å². The first-order chi connectivity index (χ1) is 12.3. The molecule has 0 aliphatic carbocycles. The van der Waals surface area contributed by atoms with Gasteiger partial charge in [0.2, 0.25) is 0 Å². The largest absolute Gasteiger partial charge is 0.462 e. The van der Waals surface area contributed by atoms with E-state index in [1.807, 2.05) is 25.1 Å². The van der Waals surface area contributed by atoms with Crippen LogP contribution in [-0.2, 0) is 4.74 Å². The lowest BCUT2D eigenvalue weighted by Crippen LogP contribution is -2.05. The first-order valence-electron chi connectivity index (χ1n) is 8.39. The zero-order valence-corrected chi connectivity index (χ0v) is 15.4. The zero-order valence-electron chi connectivity index (χ0n) is 14.4. The summed E-state index contributed by atoms with van der Waals surface area (Å²) < 4.78 is 4.94. The second-order valence-corrected chi connectivity index (χ2v) is 6.76. The van der Waals surface area contributed by atoms with Crippen LogP contribution < -0.4 is 10.6 Å². The van der Waals surface area contributed by atoms with Gasteiger partial charge in [-0.1, -0.05) is 94.4 Å². The topological polar surface area (TPSA) is 26.3 Å². The Bertz CT molecular complexity index is 690. The number of carbonyl (C=O) groups excluding carboxylic acids is 1. The Labute approximate surface area is 151 Å². The van der Waals surface area contributed by atoms with Crippen molar-refractivity contribution < 1.29 is 9.53 Å². The first-order valence-corrected chi connectivity index (χ1v) is 9.39. The fraction of sp³-hybridized carbons (Fsp3) is 0.136. The molecule has 0 atom stereocenters. The molecule has 0 fully saturated rings. The van der Waals surface area contributed by atoms with Gasteiger partial charge in [0.05, 0.1) is 12.2 Å². The first kappa shape index (κ1) is 18.9. The third-order valence-corrected chi connectivity index (χ3v) is 4.53. The average Bonchev–Trinajstić information content (AvgIpc) is 2.69. The van der Waals surface area contributed by atoms with Crippen LogP contribution in [0.1, 0.15) is 23.7 Å². The second kappa shape index (κ2) is 11.2. The maximum absolute atomic E-state index is 11.2. The lowest BCUT2D eigenvalue weighted by molar-refractivity contribution is 0.0505. The molecule has 0 unspecified atom stereocenters. The van der Waals surface area contributed by atoms with Crippen molar-refractivity contribution in [2.45, 2.75) is 13.3 Å². The average molecular weight is 350 g/mol. The summed E-state index contributed by atoms with van der Waals surface area (Å²) in [4.78, 5) is 11.2. The SMILES string of the molecule is CCCOC(=O)c1ccccc1.c1ccc(Pc2ccccc2)cc1. The van der Waals surface area contributed by atoms with Gasteiger partial charge in [-0.15, -0.1) is 0 Å². The summed E-state index contributed by atoms with van der Waals surface area (Å²) in [6, 6.07) is 30.2. The van der Waals surface area contributed by atoms with E-state index in [0.29, 0.717) is 12.2 Å². The van der Waals surface area contributed by atoms with Crippen LogP contribution in [0.4, 0.5) is 0 Å². The van der Waals surface area contributed by atoms with Crippen molar-refractivity contribution in [2.24, 2.45) is 0 Å². The van der Waals surface area contributed by atoms with Crippen LogP contribution in [-0.4, -0.2) is 12.6 Å². The van der Waals surface area contributed by atoms with Crippen molar-refractivity contribution in [3.63, 3.8) is 0 Å². The molecular weight excluding hydrogens is 327 g/mol. The van der Waals surface area contributed by atoms with Crippen molar-refractivity contribution in [1.29, 1.82) is 0 Å². The van der Waals surface area contributed by atoms with Gasteiger partial charge in [0.25, 0.3) is 0 Å². The molecule has 0 spiro atoms. The smallest absolute Gasteiger partial charge is 0.338 e. The monoisotopic (exact) mass is 350 g/mol. The summed E-state index contributed by atoms with van der Waals surface area (Å²) in [5.74, 6) is -0.238. The van der Waals surface area contributed by atoms with Crippen molar-refractivity contribution in [3.8, 4) is 0 Å². The van der Waals surface area contributed by atoms with Gasteiger partial charge in [-0.05, 0) is 29.2 Å². The standard InChI is InChI=1S/C12H11P.C10H12O2/c1-3-7-11(8-4-1)13-12-9-5-2-6-10-12;1-2-8-12-10(11)9-6-4-3-5-7-9/h1-10,13H;3-7H,2,8H2,1H3. The van der Waals surface area contributed by atoms with Gasteiger partial charge in [-0.25, -0.2) is 4.79 Å². The van der Waals surface area contributed by atoms with Crippen LogP contribution >= 0.6 is 8.58 Å².